The summed E-state index contributed by atoms with van der Waals surface area (Å²) in [7, 11) is 0. The number of rotatable bonds is 26. The molecule has 0 spiro atoms. The fourth-order valence-corrected chi connectivity index (χ4v) is 17.9. The summed E-state index contributed by atoms with van der Waals surface area (Å²) < 4.78 is 68.0. The predicted octanol–water partition coefficient (Wildman–Crippen LogP) is 14.6. The number of carbonyl (C=O) groups excluding carboxylic acids is 5. The van der Waals surface area contributed by atoms with Crippen molar-refractivity contribution in [3.63, 3.8) is 0 Å². The van der Waals surface area contributed by atoms with Crippen LogP contribution in [-0.4, -0.2) is 200 Å². The normalized spacial score (nSPS) is 14.0. The number of H-pyrrole nitrogens is 4. The minimum Gasteiger partial charge on any atom is -0.379 e. The van der Waals surface area contributed by atoms with E-state index in [2.05, 4.69) is 75.8 Å². The van der Waals surface area contributed by atoms with Crippen LogP contribution in [0.1, 0.15) is 116 Å². The summed E-state index contributed by atoms with van der Waals surface area (Å²) >= 11 is 0. The summed E-state index contributed by atoms with van der Waals surface area (Å²) in [6.07, 6.45) is 30.1. The molecular weight excluding hydrogens is 1730 g/mol. The van der Waals surface area contributed by atoms with Crippen molar-refractivity contribution in [1.82, 2.24) is 80.7 Å². The molecule has 5 amide bonds. The molecule has 8 N–H and O–H groups in total. The Morgan fingerprint density at radius 1 is 0.353 bits per heavy atom. The van der Waals surface area contributed by atoms with E-state index in [9.17, 15) is 41.5 Å². The number of ether oxygens (including phenoxy) is 1. The summed E-state index contributed by atoms with van der Waals surface area (Å²) in [5.41, 5.74) is 19.6. The van der Waals surface area contributed by atoms with Crippen molar-refractivity contribution in [3.05, 3.63) is 313 Å². The lowest BCUT2D eigenvalue weighted by atomic mass is 9.99. The van der Waals surface area contributed by atoms with E-state index in [-0.39, 0.29) is 52.8 Å². The number of aromatic nitrogens is 12. The third kappa shape index (κ3) is 22.0. The molecule has 0 bridgehead atoms. The van der Waals surface area contributed by atoms with Crippen molar-refractivity contribution < 1.29 is 63.9 Å². The number of nitrogens with one attached hydrogen (secondary N) is 8. The fraction of sp³-hybridized carbons (Fsp3) is 0.274. The first-order chi connectivity index (χ1) is 66.3. The number of morpholine rings is 1. The van der Waals surface area contributed by atoms with Crippen LogP contribution in [0.3, 0.4) is 0 Å². The van der Waals surface area contributed by atoms with Gasteiger partial charge >= 0.3 is 46.9 Å². The average molecular weight is 1840 g/mol. The van der Waals surface area contributed by atoms with Gasteiger partial charge in [0.25, 0.3) is 0 Å². The van der Waals surface area contributed by atoms with Gasteiger partial charge in [-0.1, -0.05) is 24.3 Å². The molecule has 0 atom stereocenters. The van der Waals surface area contributed by atoms with Crippen LogP contribution in [-0.2, 0) is 9.53 Å². The third-order valence-corrected chi connectivity index (χ3v) is 25.3. The lowest BCUT2D eigenvalue weighted by Gasteiger charge is -2.26. The molecule has 12 aromatic heterocycles. The van der Waals surface area contributed by atoms with Crippen LogP contribution in [0.25, 0.3) is 112 Å². The van der Waals surface area contributed by atoms with Gasteiger partial charge in [0.1, 0.15) is 66.6 Å². The smallest absolute Gasteiger partial charge is 0.350 e. The Morgan fingerprint density at radius 3 is 1.05 bits per heavy atom. The SMILES string of the molecule is Cc1cc(-c2ncccc2-c2cc[n+]3c(C(=O)NCCCN4CCCC4=O)[nH]cc3c2)ccc1F.Cc1cc(-c2ncccc2-c2ccc3c[nH]c(C(=O)NCCCN4CCCC4)[n+]3c2)ccc1F.Cc1cc(-c2ncccc2-c2ccc3c[nH]c(C(=O)NCCN4CCCC4)[n+]3c2)ccc1F.Cc1cc(-c2ncccc2-c2ccc3c[nH]c(C(=O)NCCN4CCOCC4)[n+]3c2)ccc1F. The van der Waals surface area contributed by atoms with Gasteiger partial charge in [-0.2, -0.15) is 17.6 Å². The highest BCUT2D eigenvalue weighted by atomic mass is 19.1. The lowest BCUT2D eigenvalue weighted by Crippen LogP contribution is -2.42. The number of carbonyl (C=O) groups is 5. The number of aromatic amines is 4. The Hall–Kier alpha value is -14.9. The van der Waals surface area contributed by atoms with E-state index in [1.54, 1.807) is 99.5 Å². The quantitative estimate of drug-likeness (QED) is 0.0142. The molecule has 4 fully saturated rings. The Labute approximate surface area is 785 Å². The number of hydrogen-bond donors (Lipinski definition) is 8. The maximum absolute atomic E-state index is 13.8. The number of aryl methyl sites for hydroxylation is 4. The summed E-state index contributed by atoms with van der Waals surface area (Å²) in [6.45, 7) is 21.3. The summed E-state index contributed by atoms with van der Waals surface area (Å²) in [6, 6.07) is 51.4. The number of halogens is 4. The monoisotopic (exact) mass is 1830 g/mol. The number of amides is 5. The van der Waals surface area contributed by atoms with Crippen molar-refractivity contribution in [2.24, 2.45) is 0 Å². The van der Waals surface area contributed by atoms with Crippen LogP contribution in [0.2, 0.25) is 0 Å². The van der Waals surface area contributed by atoms with E-state index in [0.717, 1.165) is 196 Å². The molecule has 0 aliphatic carbocycles. The number of fused-ring (bicyclic) bond motifs is 4. The molecule has 4 aromatic carbocycles. The van der Waals surface area contributed by atoms with Crippen LogP contribution >= 0.6 is 0 Å². The van der Waals surface area contributed by atoms with E-state index < -0.39 is 0 Å². The number of nitrogens with zero attached hydrogens (tertiary/aromatic N) is 12. The second kappa shape index (κ2) is 43.4. The van der Waals surface area contributed by atoms with Crippen LogP contribution in [0.4, 0.5) is 17.6 Å². The highest BCUT2D eigenvalue weighted by molar-refractivity contribution is 5.93. The van der Waals surface area contributed by atoms with Crippen LogP contribution < -0.4 is 38.9 Å². The molecule has 30 heteroatoms. The number of likely N-dealkylation sites (tertiary alicyclic amines) is 3. The van der Waals surface area contributed by atoms with Gasteiger partial charge < -0.3 is 40.7 Å². The second-order valence-corrected chi connectivity index (χ2v) is 34.6. The number of benzene rings is 4. The number of pyridine rings is 8. The Bertz CT molecular complexity index is 7040. The van der Waals surface area contributed by atoms with Crippen LogP contribution in [0.5, 0.6) is 0 Å². The summed E-state index contributed by atoms with van der Waals surface area (Å²) in [5, 5.41) is 12.0. The maximum Gasteiger partial charge on any atom is 0.350 e. The summed E-state index contributed by atoms with van der Waals surface area (Å²) in [4.78, 5) is 103. The first-order valence-electron chi connectivity index (χ1n) is 46.5. The van der Waals surface area contributed by atoms with Crippen molar-refractivity contribution in [1.29, 1.82) is 0 Å². The molecule has 0 saturated carbocycles. The van der Waals surface area contributed by atoms with E-state index in [0.29, 0.717) is 84.7 Å². The zero-order valence-corrected chi connectivity index (χ0v) is 76.6. The Morgan fingerprint density at radius 2 is 0.684 bits per heavy atom. The number of imidazole rings is 4. The van der Waals surface area contributed by atoms with Gasteiger partial charge in [-0.15, -0.1) is 0 Å². The standard InChI is InChI=1S/C27H26FN5O2.C27H28FN5O.C26H26FN5O2.C26H26FN5O/c1-18-15-20(7-8-23(18)28)25-22(5-2-10-29-25)19-9-14-33-21(16-19)17-31-26(33)27(35)30-11-4-13-32-12-3-6-24(32)34;1-19-16-20(8-10-24(19)28)25-23(6-4-11-29-25)21-7-9-22-17-31-26(33(22)18-21)27(34)30-12-5-15-32-13-2-3-14-32;1-18-15-19(5-7-23(18)27)24-22(3-2-8-28-24)20-4-6-21-16-30-25(32(21)17-20)26(33)29-9-10-31-11-13-34-14-12-31;1-18-15-19(7-9-23(18)27)24-22(5-4-10-28-24)20-6-8-21-16-30-25(32(21)17-20)26(33)29-11-14-31-12-2-3-13-31/h2,5,7-10,14-17H,3-4,6,11-13H2,1H3,(H,30,35);4,6-11,16-18H,2-3,5,12-15H2,1H3,(H,30,34);2-8,15-17H,9-14H2,1H3,(H,29,33);4-10,15-17H,2-3,11-14H2,1H3,(H,29,33)/p+4. The average Bonchev–Trinajstić information content (AvgIpc) is 1.64. The van der Waals surface area contributed by atoms with Gasteiger partial charge in [-0.05, 0) is 279 Å². The molecule has 16 heterocycles. The van der Waals surface area contributed by atoms with Gasteiger partial charge in [0, 0.05) is 158 Å². The third-order valence-electron chi connectivity index (χ3n) is 25.3. The molecule has 4 saturated heterocycles. The molecule has 16 aromatic rings. The lowest BCUT2D eigenvalue weighted by molar-refractivity contribution is -0.514. The predicted molar refractivity (Wildman–Crippen MR) is 512 cm³/mol. The van der Waals surface area contributed by atoms with Crippen molar-refractivity contribution in [2.45, 2.75) is 79.1 Å². The highest BCUT2D eigenvalue weighted by Gasteiger charge is 2.29. The fourth-order valence-electron chi connectivity index (χ4n) is 17.9. The first kappa shape index (κ1) is 93.0. The first-order valence-corrected chi connectivity index (χ1v) is 46.5. The van der Waals surface area contributed by atoms with E-state index in [1.807, 2.05) is 171 Å². The van der Waals surface area contributed by atoms with E-state index in [1.165, 1.54) is 63.0 Å². The van der Waals surface area contributed by atoms with Crippen molar-refractivity contribution in [3.8, 4) is 89.5 Å². The van der Waals surface area contributed by atoms with Crippen molar-refractivity contribution in [2.75, 3.05) is 111 Å². The van der Waals surface area contributed by atoms with E-state index >= 15 is 0 Å². The zero-order chi connectivity index (χ0) is 94.1. The Balaban J connectivity index is 0.000000126. The molecule has 136 heavy (non-hydrogen) atoms. The van der Waals surface area contributed by atoms with Crippen molar-refractivity contribution >= 4 is 51.6 Å². The second-order valence-electron chi connectivity index (χ2n) is 34.6. The van der Waals surface area contributed by atoms with Gasteiger partial charge in [0.15, 0.2) is 22.1 Å². The van der Waals surface area contributed by atoms with Gasteiger partial charge in [-0.25, -0.2) is 37.5 Å². The molecule has 20 rings (SSSR count). The molecule has 26 nitrogen and oxygen atoms in total. The largest absolute Gasteiger partial charge is 0.379 e. The molecule has 694 valence electrons. The van der Waals surface area contributed by atoms with Gasteiger partial charge in [0.2, 0.25) is 5.91 Å². The maximum atomic E-state index is 13.8. The van der Waals surface area contributed by atoms with Crippen LogP contribution in [0, 0.1) is 51.0 Å². The molecule has 4 aliphatic rings. The van der Waals surface area contributed by atoms with Gasteiger partial charge in [0.05, 0.1) is 42.2 Å². The molecular formula is C106H110F4N20O6+4. The number of hydrogen-bond acceptors (Lipinski definition) is 13. The van der Waals surface area contributed by atoms with Crippen LogP contribution in [0.15, 0.2) is 244 Å². The molecule has 4 aliphatic heterocycles. The van der Waals surface area contributed by atoms with Gasteiger partial charge in [-0.3, -0.25) is 48.8 Å². The topological polar surface area (TPSA) is 287 Å². The summed E-state index contributed by atoms with van der Waals surface area (Å²) in [5.74, 6) is 0.489. The minimum absolute atomic E-state index is 0.126. The minimum atomic E-state index is -0.244. The molecule has 0 radical (unpaired) electrons. The van der Waals surface area contributed by atoms with E-state index in [4.69, 9.17) is 4.74 Å². The molecule has 0 unspecified atom stereocenters. The highest BCUT2D eigenvalue weighted by Crippen LogP contribution is 2.36. The Kier molecular flexibility index (Phi) is 29.7. The zero-order valence-electron chi connectivity index (χ0n) is 76.6.